The molecule has 0 saturated carbocycles. The molecule has 1 aromatic heterocycles. The van der Waals surface area contributed by atoms with Crippen LogP contribution < -0.4 is 5.90 Å². The molecule has 0 fully saturated rings. The molecule has 0 aliphatic rings. The zero-order valence-corrected chi connectivity index (χ0v) is 7.85. The summed E-state index contributed by atoms with van der Waals surface area (Å²) in [6.07, 6.45) is 2.01. The Morgan fingerprint density at radius 2 is 2.25 bits per heavy atom. The average Bonchev–Trinajstić information content (AvgIpc) is 2.32. The molecule has 1 atom stereocenters. The molecule has 3 heteroatoms. The van der Waals surface area contributed by atoms with Gasteiger partial charge in [-0.3, -0.25) is 0 Å². The zero-order valence-electron chi connectivity index (χ0n) is 7.85. The molecule has 0 aliphatic carbocycles. The molecular formula is C9H16N2O. The fourth-order valence-electron chi connectivity index (χ4n) is 1.65. The Kier molecular flexibility index (Phi) is 2.89. The number of aromatic nitrogens is 1. The van der Waals surface area contributed by atoms with Crippen LogP contribution >= 0.6 is 0 Å². The first-order valence-corrected chi connectivity index (χ1v) is 4.13. The average molecular weight is 168 g/mol. The van der Waals surface area contributed by atoms with E-state index in [0.717, 1.165) is 0 Å². The highest BCUT2D eigenvalue weighted by molar-refractivity contribution is 5.32. The van der Waals surface area contributed by atoms with Gasteiger partial charge in [0.1, 0.15) is 0 Å². The first kappa shape index (κ1) is 9.29. The van der Waals surface area contributed by atoms with E-state index in [0.29, 0.717) is 12.5 Å². The van der Waals surface area contributed by atoms with Gasteiger partial charge in [0, 0.05) is 17.8 Å². The molecule has 1 unspecified atom stereocenters. The molecule has 1 rings (SSSR count). The standard InChI is InChI=1S/C9H16N2O/c1-6-4-11-8(3)9(6)7(2)5-12-10/h4,7,11H,5,10H2,1-3H3. The Morgan fingerprint density at radius 3 is 2.67 bits per heavy atom. The zero-order chi connectivity index (χ0) is 9.14. The summed E-state index contributed by atoms with van der Waals surface area (Å²) in [5.74, 6) is 5.39. The van der Waals surface area contributed by atoms with E-state index < -0.39 is 0 Å². The molecular weight excluding hydrogens is 152 g/mol. The number of aromatic amines is 1. The van der Waals surface area contributed by atoms with E-state index in [2.05, 4.69) is 30.6 Å². The van der Waals surface area contributed by atoms with E-state index in [-0.39, 0.29) is 0 Å². The molecule has 1 heterocycles. The fraction of sp³-hybridized carbons (Fsp3) is 0.556. The summed E-state index contributed by atoms with van der Waals surface area (Å²) in [4.78, 5) is 7.80. The second-order valence-corrected chi connectivity index (χ2v) is 3.24. The van der Waals surface area contributed by atoms with Crippen molar-refractivity contribution in [1.82, 2.24) is 4.98 Å². The van der Waals surface area contributed by atoms with Crippen LogP contribution in [0, 0.1) is 13.8 Å². The van der Waals surface area contributed by atoms with Crippen molar-refractivity contribution in [3.05, 3.63) is 23.0 Å². The normalized spacial score (nSPS) is 13.3. The summed E-state index contributed by atoms with van der Waals surface area (Å²) >= 11 is 0. The van der Waals surface area contributed by atoms with Crippen LogP contribution in [-0.4, -0.2) is 11.6 Å². The Labute approximate surface area is 72.9 Å². The highest BCUT2D eigenvalue weighted by Crippen LogP contribution is 2.22. The summed E-state index contributed by atoms with van der Waals surface area (Å²) in [5.41, 5.74) is 3.80. The third-order valence-corrected chi connectivity index (χ3v) is 2.17. The number of aryl methyl sites for hydroxylation is 2. The van der Waals surface area contributed by atoms with E-state index in [1.54, 1.807) is 0 Å². The van der Waals surface area contributed by atoms with Crippen LogP contribution in [-0.2, 0) is 4.84 Å². The molecule has 3 N–H and O–H groups in total. The Bertz CT molecular complexity index is 236. The molecule has 68 valence electrons. The van der Waals surface area contributed by atoms with E-state index in [4.69, 9.17) is 5.90 Å². The van der Waals surface area contributed by atoms with Gasteiger partial charge in [0.25, 0.3) is 0 Å². The van der Waals surface area contributed by atoms with Gasteiger partial charge in [0.2, 0.25) is 0 Å². The molecule has 0 amide bonds. The molecule has 0 saturated heterocycles. The summed E-state index contributed by atoms with van der Waals surface area (Å²) < 4.78 is 0. The number of H-pyrrole nitrogens is 1. The van der Waals surface area contributed by atoms with Gasteiger partial charge in [-0.25, -0.2) is 5.90 Å². The summed E-state index contributed by atoms with van der Waals surface area (Å²) in [6, 6.07) is 0. The summed E-state index contributed by atoms with van der Waals surface area (Å²) in [6.45, 7) is 6.83. The van der Waals surface area contributed by atoms with Crippen molar-refractivity contribution >= 4 is 0 Å². The smallest absolute Gasteiger partial charge is 0.0745 e. The third-order valence-electron chi connectivity index (χ3n) is 2.17. The maximum atomic E-state index is 5.03. The lowest BCUT2D eigenvalue weighted by Gasteiger charge is -2.10. The first-order chi connectivity index (χ1) is 5.66. The first-order valence-electron chi connectivity index (χ1n) is 4.13. The number of hydrogen-bond acceptors (Lipinski definition) is 2. The predicted molar refractivity (Wildman–Crippen MR) is 48.8 cm³/mol. The fourth-order valence-corrected chi connectivity index (χ4v) is 1.65. The quantitative estimate of drug-likeness (QED) is 0.674. The van der Waals surface area contributed by atoms with Crippen molar-refractivity contribution < 1.29 is 4.84 Å². The summed E-state index contributed by atoms with van der Waals surface area (Å²) in [7, 11) is 0. The van der Waals surface area contributed by atoms with Gasteiger partial charge in [-0.2, -0.15) is 0 Å². The number of hydrogen-bond donors (Lipinski definition) is 2. The molecule has 0 bridgehead atoms. The van der Waals surface area contributed by atoms with Crippen molar-refractivity contribution in [2.24, 2.45) is 5.90 Å². The molecule has 0 aromatic carbocycles. The van der Waals surface area contributed by atoms with Crippen molar-refractivity contribution in [3.8, 4) is 0 Å². The monoisotopic (exact) mass is 168 g/mol. The van der Waals surface area contributed by atoms with E-state index in [1.807, 2.05) is 6.20 Å². The Hall–Kier alpha value is -0.800. The van der Waals surface area contributed by atoms with Crippen LogP contribution in [0.2, 0.25) is 0 Å². The van der Waals surface area contributed by atoms with Gasteiger partial charge in [-0.15, -0.1) is 0 Å². The van der Waals surface area contributed by atoms with Crippen LogP contribution in [0.1, 0.15) is 29.7 Å². The van der Waals surface area contributed by atoms with E-state index in [1.165, 1.54) is 16.8 Å². The topological polar surface area (TPSA) is 51.0 Å². The summed E-state index contributed by atoms with van der Waals surface area (Å²) in [5, 5.41) is 0. The molecule has 0 aliphatic heterocycles. The Balaban J connectivity index is 2.85. The van der Waals surface area contributed by atoms with Crippen LogP contribution in [0.5, 0.6) is 0 Å². The van der Waals surface area contributed by atoms with Crippen LogP contribution in [0.3, 0.4) is 0 Å². The lowest BCUT2D eigenvalue weighted by molar-refractivity contribution is 0.126. The molecule has 0 spiro atoms. The van der Waals surface area contributed by atoms with Crippen LogP contribution in [0.25, 0.3) is 0 Å². The maximum absolute atomic E-state index is 5.03. The second-order valence-electron chi connectivity index (χ2n) is 3.24. The number of nitrogens with one attached hydrogen (secondary N) is 1. The predicted octanol–water partition coefficient (Wildman–Crippen LogP) is 1.63. The molecule has 12 heavy (non-hydrogen) atoms. The van der Waals surface area contributed by atoms with Gasteiger partial charge in [0.15, 0.2) is 0 Å². The van der Waals surface area contributed by atoms with Gasteiger partial charge < -0.3 is 9.82 Å². The van der Waals surface area contributed by atoms with Gasteiger partial charge >= 0.3 is 0 Å². The minimum atomic E-state index is 0.362. The van der Waals surface area contributed by atoms with Gasteiger partial charge in [-0.05, 0) is 25.0 Å². The highest BCUT2D eigenvalue weighted by Gasteiger charge is 2.12. The van der Waals surface area contributed by atoms with Crippen molar-refractivity contribution in [1.29, 1.82) is 0 Å². The van der Waals surface area contributed by atoms with Crippen LogP contribution in [0.4, 0.5) is 0 Å². The highest BCUT2D eigenvalue weighted by atomic mass is 16.6. The largest absolute Gasteiger partial charge is 0.365 e. The second kappa shape index (κ2) is 3.74. The van der Waals surface area contributed by atoms with Crippen LogP contribution in [0.15, 0.2) is 6.20 Å². The number of rotatable bonds is 3. The van der Waals surface area contributed by atoms with E-state index in [9.17, 15) is 0 Å². The molecule has 0 radical (unpaired) electrons. The minimum absolute atomic E-state index is 0.362. The maximum Gasteiger partial charge on any atom is 0.0745 e. The number of nitrogens with two attached hydrogens (primary N) is 1. The molecule has 1 aromatic rings. The van der Waals surface area contributed by atoms with Crippen molar-refractivity contribution in [2.45, 2.75) is 26.7 Å². The lowest BCUT2D eigenvalue weighted by Crippen LogP contribution is -2.09. The molecule has 3 nitrogen and oxygen atoms in total. The van der Waals surface area contributed by atoms with Gasteiger partial charge in [-0.1, -0.05) is 6.92 Å². The van der Waals surface area contributed by atoms with Crippen molar-refractivity contribution in [3.63, 3.8) is 0 Å². The van der Waals surface area contributed by atoms with Crippen molar-refractivity contribution in [2.75, 3.05) is 6.61 Å². The minimum Gasteiger partial charge on any atom is -0.365 e. The third kappa shape index (κ3) is 1.68. The SMILES string of the molecule is Cc1c[nH]c(C)c1C(C)CON. The van der Waals surface area contributed by atoms with E-state index >= 15 is 0 Å². The lowest BCUT2D eigenvalue weighted by atomic mass is 9.99. The van der Waals surface area contributed by atoms with Gasteiger partial charge in [0.05, 0.1) is 6.61 Å². The Morgan fingerprint density at radius 1 is 1.58 bits per heavy atom.